The topological polar surface area (TPSA) is 66.5 Å². The maximum atomic E-state index is 12.5. The summed E-state index contributed by atoms with van der Waals surface area (Å²) in [5.41, 5.74) is 3.35. The van der Waals surface area contributed by atoms with Crippen molar-refractivity contribution in [3.8, 4) is 11.5 Å². The van der Waals surface area contributed by atoms with Gasteiger partial charge in [-0.15, -0.1) is 0 Å². The molecule has 0 N–H and O–H groups in total. The van der Waals surface area contributed by atoms with E-state index in [4.69, 9.17) is 23.7 Å². The summed E-state index contributed by atoms with van der Waals surface area (Å²) >= 11 is 3.71. The second kappa shape index (κ2) is 9.98. The SMILES string of the molecule is CCOC(=O)/C=C1\[C@@H]2OC(C)(C)O[C@@H]2CN1c1c(Br)cc(OC)c(C)c1OCc1ccccc1. The Kier molecular flexibility index (Phi) is 7.21. The van der Waals surface area contributed by atoms with Crippen LogP contribution in [-0.4, -0.2) is 44.2 Å². The van der Waals surface area contributed by atoms with Gasteiger partial charge in [0, 0.05) is 16.1 Å². The smallest absolute Gasteiger partial charge is 0.332 e. The number of carbonyl (C=O) groups excluding carboxylic acids is 1. The van der Waals surface area contributed by atoms with E-state index >= 15 is 0 Å². The number of ether oxygens (including phenoxy) is 5. The van der Waals surface area contributed by atoms with Crippen LogP contribution in [0, 0.1) is 6.92 Å². The monoisotopic (exact) mass is 531 g/mol. The molecule has 7 nitrogen and oxygen atoms in total. The minimum absolute atomic E-state index is 0.244. The Morgan fingerprint density at radius 1 is 1.26 bits per heavy atom. The van der Waals surface area contributed by atoms with Crippen LogP contribution in [0.1, 0.15) is 31.9 Å². The molecular weight excluding hydrogens is 502 g/mol. The van der Waals surface area contributed by atoms with Crippen LogP contribution in [-0.2, 0) is 25.6 Å². The predicted octanol–water partition coefficient (Wildman–Crippen LogP) is 5.13. The number of hydrogen-bond acceptors (Lipinski definition) is 7. The summed E-state index contributed by atoms with van der Waals surface area (Å²) in [6, 6.07) is 11.9. The van der Waals surface area contributed by atoms with Gasteiger partial charge in [0.15, 0.2) is 11.5 Å². The zero-order valence-electron chi connectivity index (χ0n) is 20.1. The summed E-state index contributed by atoms with van der Waals surface area (Å²) < 4.78 is 30.3. The van der Waals surface area contributed by atoms with Gasteiger partial charge in [0.05, 0.1) is 31.6 Å². The number of rotatable bonds is 7. The third-order valence-electron chi connectivity index (χ3n) is 5.83. The van der Waals surface area contributed by atoms with Crippen LogP contribution in [0.15, 0.2) is 52.6 Å². The third kappa shape index (κ3) is 4.94. The summed E-state index contributed by atoms with van der Waals surface area (Å²) in [4.78, 5) is 14.5. The van der Waals surface area contributed by atoms with Crippen molar-refractivity contribution >= 4 is 27.6 Å². The number of halogens is 1. The van der Waals surface area contributed by atoms with Gasteiger partial charge in [-0.1, -0.05) is 30.3 Å². The number of carbonyl (C=O) groups is 1. The standard InChI is InChI=1S/C26H30BrNO6/c1-6-31-22(29)13-19-25-21(33-26(3,4)34-25)14-28(19)23-18(27)12-20(30-5)16(2)24(23)32-15-17-10-8-7-9-11-17/h7-13,21,25H,6,14-15H2,1-5H3/b19-13+/t21-,25+/m1/s1. The van der Waals surface area contributed by atoms with E-state index < -0.39 is 17.9 Å². The summed E-state index contributed by atoms with van der Waals surface area (Å²) in [5.74, 6) is 0.186. The Hall–Kier alpha value is -2.55. The molecule has 2 aromatic rings. The van der Waals surface area contributed by atoms with Crippen molar-refractivity contribution in [1.82, 2.24) is 0 Å². The Bertz CT molecular complexity index is 1080. The molecule has 0 unspecified atom stereocenters. The summed E-state index contributed by atoms with van der Waals surface area (Å²) in [6.07, 6.45) is 0.842. The number of fused-ring (bicyclic) bond motifs is 1. The first-order valence-corrected chi connectivity index (χ1v) is 12.1. The Morgan fingerprint density at radius 2 is 2.00 bits per heavy atom. The molecule has 2 saturated heterocycles. The van der Waals surface area contributed by atoms with Gasteiger partial charge in [-0.25, -0.2) is 4.79 Å². The minimum atomic E-state index is -0.741. The van der Waals surface area contributed by atoms with Gasteiger partial charge in [0.1, 0.15) is 24.6 Å². The molecule has 0 amide bonds. The molecule has 2 heterocycles. The fourth-order valence-corrected chi connectivity index (χ4v) is 5.01. The first kappa shape index (κ1) is 24.6. The first-order valence-electron chi connectivity index (χ1n) is 11.3. The van der Waals surface area contributed by atoms with Crippen molar-refractivity contribution in [3.63, 3.8) is 0 Å². The van der Waals surface area contributed by atoms with Crippen LogP contribution >= 0.6 is 15.9 Å². The Labute approximate surface area is 208 Å². The van der Waals surface area contributed by atoms with E-state index in [9.17, 15) is 4.79 Å². The molecule has 0 aromatic heterocycles. The molecule has 0 radical (unpaired) electrons. The zero-order valence-corrected chi connectivity index (χ0v) is 21.7. The average Bonchev–Trinajstić information content (AvgIpc) is 3.26. The van der Waals surface area contributed by atoms with Gasteiger partial charge < -0.3 is 28.6 Å². The van der Waals surface area contributed by atoms with Crippen LogP contribution in [0.4, 0.5) is 5.69 Å². The van der Waals surface area contributed by atoms with E-state index in [1.54, 1.807) is 14.0 Å². The summed E-state index contributed by atoms with van der Waals surface area (Å²) in [7, 11) is 1.63. The van der Waals surface area contributed by atoms with Crippen molar-refractivity contribution < 1.29 is 28.5 Å². The van der Waals surface area contributed by atoms with Gasteiger partial charge in [-0.3, -0.25) is 0 Å². The molecule has 0 bridgehead atoms. The molecule has 2 aromatic carbocycles. The average molecular weight is 532 g/mol. The van der Waals surface area contributed by atoms with E-state index in [-0.39, 0.29) is 12.7 Å². The molecule has 2 fully saturated rings. The number of benzene rings is 2. The van der Waals surface area contributed by atoms with E-state index in [2.05, 4.69) is 15.9 Å². The van der Waals surface area contributed by atoms with Gasteiger partial charge in [-0.05, 0) is 55.3 Å². The number of esters is 1. The molecule has 0 saturated carbocycles. The Balaban J connectivity index is 1.78. The summed E-state index contributed by atoms with van der Waals surface area (Å²) in [6.45, 7) is 8.65. The van der Waals surface area contributed by atoms with Crippen molar-refractivity contribution in [2.45, 2.75) is 52.3 Å². The van der Waals surface area contributed by atoms with Crippen molar-refractivity contribution in [3.05, 3.63) is 63.8 Å². The third-order valence-corrected chi connectivity index (χ3v) is 6.43. The molecule has 2 aliphatic heterocycles. The molecule has 2 atom stereocenters. The van der Waals surface area contributed by atoms with Crippen LogP contribution < -0.4 is 14.4 Å². The van der Waals surface area contributed by atoms with Crippen molar-refractivity contribution in [2.24, 2.45) is 0 Å². The first-order chi connectivity index (χ1) is 16.2. The van der Waals surface area contributed by atoms with Crippen LogP contribution in [0.25, 0.3) is 0 Å². The molecule has 2 aliphatic rings. The number of nitrogens with zero attached hydrogens (tertiary/aromatic N) is 1. The van der Waals surface area contributed by atoms with Gasteiger partial charge in [0.2, 0.25) is 0 Å². The molecule has 0 spiro atoms. The molecule has 0 aliphatic carbocycles. The highest BCUT2D eigenvalue weighted by molar-refractivity contribution is 9.10. The Morgan fingerprint density at radius 3 is 2.68 bits per heavy atom. The second-order valence-electron chi connectivity index (χ2n) is 8.66. The number of hydrogen-bond donors (Lipinski definition) is 0. The maximum Gasteiger partial charge on any atom is 0.332 e. The lowest BCUT2D eigenvalue weighted by molar-refractivity contribution is -0.146. The van der Waals surface area contributed by atoms with Gasteiger partial charge >= 0.3 is 5.97 Å². The minimum Gasteiger partial charge on any atom is -0.496 e. The normalized spacial score (nSPS) is 22.1. The summed E-state index contributed by atoms with van der Waals surface area (Å²) in [5, 5.41) is 0. The molecule has 8 heteroatoms. The lowest BCUT2D eigenvalue weighted by Gasteiger charge is -2.29. The van der Waals surface area contributed by atoms with E-state index in [1.807, 2.05) is 62.1 Å². The quantitative estimate of drug-likeness (QED) is 0.362. The largest absolute Gasteiger partial charge is 0.496 e. The highest BCUT2D eigenvalue weighted by Gasteiger charge is 2.51. The van der Waals surface area contributed by atoms with E-state index in [1.165, 1.54) is 6.08 Å². The molecule has 4 rings (SSSR count). The van der Waals surface area contributed by atoms with Gasteiger partial charge in [0.25, 0.3) is 0 Å². The lowest BCUT2D eigenvalue weighted by atomic mass is 10.1. The van der Waals surface area contributed by atoms with Crippen LogP contribution in [0.2, 0.25) is 0 Å². The van der Waals surface area contributed by atoms with Crippen molar-refractivity contribution in [1.29, 1.82) is 0 Å². The number of methoxy groups -OCH3 is 1. The molecule has 182 valence electrons. The highest BCUT2D eigenvalue weighted by atomic mass is 79.9. The van der Waals surface area contributed by atoms with Crippen molar-refractivity contribution in [2.75, 3.05) is 25.2 Å². The fraction of sp³-hybridized carbons (Fsp3) is 0.423. The van der Waals surface area contributed by atoms with E-state index in [0.29, 0.717) is 30.3 Å². The zero-order chi connectivity index (χ0) is 24.5. The highest BCUT2D eigenvalue weighted by Crippen LogP contribution is 2.49. The molecular formula is C26H30BrNO6. The maximum absolute atomic E-state index is 12.5. The van der Waals surface area contributed by atoms with E-state index in [0.717, 1.165) is 21.3 Å². The fourth-order valence-electron chi connectivity index (χ4n) is 4.40. The lowest BCUT2D eigenvalue weighted by Crippen LogP contribution is -2.30. The van der Waals surface area contributed by atoms with Crippen LogP contribution in [0.3, 0.4) is 0 Å². The molecule has 34 heavy (non-hydrogen) atoms. The second-order valence-corrected chi connectivity index (χ2v) is 9.52. The van der Waals surface area contributed by atoms with Crippen LogP contribution in [0.5, 0.6) is 11.5 Å². The predicted molar refractivity (Wildman–Crippen MR) is 132 cm³/mol. The number of anilines is 1. The van der Waals surface area contributed by atoms with Gasteiger partial charge in [-0.2, -0.15) is 0 Å².